The molecule has 11 nitrogen and oxygen atoms in total. The van der Waals surface area contributed by atoms with Gasteiger partial charge in [-0.15, -0.1) is 0 Å². The van der Waals surface area contributed by atoms with Crippen molar-refractivity contribution in [1.29, 1.82) is 0 Å². The highest BCUT2D eigenvalue weighted by atomic mass is 32.1. The van der Waals surface area contributed by atoms with Crippen LogP contribution < -0.4 is 20.8 Å². The molecule has 2 saturated heterocycles. The average molecular weight is 448 g/mol. The molecule has 2 unspecified atom stereocenters. The van der Waals surface area contributed by atoms with Crippen LogP contribution in [-0.2, 0) is 4.74 Å². The number of carboxylic acid groups (broad SMARTS) is 1. The number of ether oxygens (including phenoxy) is 2. The van der Waals surface area contributed by atoms with Crippen molar-refractivity contribution in [2.24, 2.45) is 11.7 Å². The van der Waals surface area contributed by atoms with Crippen LogP contribution in [0, 0.1) is 11.7 Å². The Morgan fingerprint density at radius 3 is 3.03 bits per heavy atom. The summed E-state index contributed by atoms with van der Waals surface area (Å²) in [5.41, 5.74) is 4.72. The highest BCUT2D eigenvalue weighted by molar-refractivity contribution is 6.99. The Labute approximate surface area is 178 Å². The Bertz CT molecular complexity index is 1230. The fourth-order valence-electron chi connectivity index (χ4n) is 4.34. The molecule has 5 heterocycles. The Kier molecular flexibility index (Phi) is 4.60. The van der Waals surface area contributed by atoms with Gasteiger partial charge in [-0.2, -0.15) is 8.75 Å². The third kappa shape index (κ3) is 3.12. The fourth-order valence-corrected chi connectivity index (χ4v) is 4.75. The average Bonchev–Trinajstić information content (AvgIpc) is 3.45. The van der Waals surface area contributed by atoms with Gasteiger partial charge in [-0.3, -0.25) is 9.36 Å². The monoisotopic (exact) mass is 448 g/mol. The van der Waals surface area contributed by atoms with Crippen LogP contribution >= 0.6 is 11.7 Å². The summed E-state index contributed by atoms with van der Waals surface area (Å²) in [6.45, 7) is 1.84. The number of hydrogen-bond donors (Lipinski definition) is 2. The largest absolute Gasteiger partial charge is 0.511 e. The van der Waals surface area contributed by atoms with Crippen LogP contribution in [-0.4, -0.2) is 61.4 Å². The van der Waals surface area contributed by atoms with Gasteiger partial charge in [0.25, 0.3) is 0 Å². The van der Waals surface area contributed by atoms with E-state index in [9.17, 15) is 9.59 Å². The van der Waals surface area contributed by atoms with Crippen LogP contribution in [0.15, 0.2) is 23.3 Å². The topological polar surface area (TPSA) is 146 Å². The van der Waals surface area contributed by atoms with Gasteiger partial charge in [0.15, 0.2) is 28.8 Å². The summed E-state index contributed by atoms with van der Waals surface area (Å²) in [6.07, 6.45) is 1.74. The van der Waals surface area contributed by atoms with E-state index in [-0.39, 0.29) is 28.6 Å². The van der Waals surface area contributed by atoms with Gasteiger partial charge < -0.3 is 25.2 Å². The molecule has 2 fully saturated rings. The van der Waals surface area contributed by atoms with E-state index in [0.717, 1.165) is 30.4 Å². The lowest BCUT2D eigenvalue weighted by Crippen LogP contribution is -2.44. The van der Waals surface area contributed by atoms with E-state index in [0.29, 0.717) is 26.2 Å². The summed E-state index contributed by atoms with van der Waals surface area (Å²) in [6, 6.07) is 1.04. The predicted molar refractivity (Wildman–Crippen MR) is 107 cm³/mol. The first-order chi connectivity index (χ1) is 14.9. The fraction of sp³-hybridized carbons (Fsp3) is 0.389. The minimum atomic E-state index is -1.67. The number of anilines is 1. The summed E-state index contributed by atoms with van der Waals surface area (Å²) in [5.74, 6) is -0.706. The zero-order valence-corrected chi connectivity index (χ0v) is 16.8. The Morgan fingerprint density at radius 2 is 2.35 bits per heavy atom. The van der Waals surface area contributed by atoms with Gasteiger partial charge in [-0.1, -0.05) is 0 Å². The molecule has 2 atom stereocenters. The first-order valence-electron chi connectivity index (χ1n) is 9.45. The van der Waals surface area contributed by atoms with Gasteiger partial charge in [-0.25, -0.2) is 14.2 Å². The number of nitrogens with two attached hydrogens (primary N) is 1. The SMILES string of the molecule is NCC12CN(c3nc4c(cc3F)c(=O)c(OC(=O)O)cn4-c3cnsn3)CC1CCO2. The maximum atomic E-state index is 15.1. The van der Waals surface area contributed by atoms with Gasteiger partial charge in [-0.05, 0) is 12.5 Å². The molecule has 162 valence electrons. The molecule has 3 aromatic rings. The smallest absolute Gasteiger partial charge is 0.449 e. The highest BCUT2D eigenvalue weighted by Crippen LogP contribution is 2.40. The molecule has 0 aliphatic carbocycles. The van der Waals surface area contributed by atoms with Crippen LogP contribution in [0.4, 0.5) is 15.0 Å². The van der Waals surface area contributed by atoms with Crippen LogP contribution in [0.25, 0.3) is 16.9 Å². The van der Waals surface area contributed by atoms with Crippen molar-refractivity contribution in [2.45, 2.75) is 12.0 Å². The van der Waals surface area contributed by atoms with Gasteiger partial charge in [0.05, 0.1) is 36.1 Å². The van der Waals surface area contributed by atoms with Crippen LogP contribution in [0.5, 0.6) is 5.75 Å². The summed E-state index contributed by atoms with van der Waals surface area (Å²) in [7, 11) is 0. The minimum absolute atomic E-state index is 0.0570. The number of nitrogens with zero attached hydrogens (tertiary/aromatic N) is 5. The molecular formula is C18H17FN6O5S. The molecule has 0 amide bonds. The van der Waals surface area contributed by atoms with Gasteiger partial charge in [0.2, 0.25) is 5.43 Å². The highest BCUT2D eigenvalue weighted by Gasteiger charge is 2.50. The first-order valence-corrected chi connectivity index (χ1v) is 10.2. The lowest BCUT2D eigenvalue weighted by molar-refractivity contribution is 0.0126. The van der Waals surface area contributed by atoms with E-state index >= 15 is 4.39 Å². The third-order valence-corrected chi connectivity index (χ3v) is 6.29. The summed E-state index contributed by atoms with van der Waals surface area (Å²) in [4.78, 5) is 29.9. The number of pyridine rings is 2. The third-order valence-electron chi connectivity index (χ3n) is 5.82. The maximum Gasteiger partial charge on any atom is 0.511 e. The number of rotatable bonds is 4. The number of hydrogen-bond acceptors (Lipinski definition) is 10. The number of carbonyl (C=O) groups is 1. The van der Waals surface area contributed by atoms with Gasteiger partial charge >= 0.3 is 6.16 Å². The van der Waals surface area contributed by atoms with Gasteiger partial charge in [0.1, 0.15) is 5.60 Å². The zero-order chi connectivity index (χ0) is 21.8. The molecule has 31 heavy (non-hydrogen) atoms. The molecule has 0 saturated carbocycles. The number of aromatic nitrogens is 4. The van der Waals surface area contributed by atoms with Crippen LogP contribution in [0.2, 0.25) is 0 Å². The molecule has 3 N–H and O–H groups in total. The van der Waals surface area contributed by atoms with E-state index in [1.165, 1.54) is 10.8 Å². The Balaban J connectivity index is 1.68. The van der Waals surface area contributed by atoms with Crippen molar-refractivity contribution >= 4 is 34.7 Å². The standard InChI is InChI=1S/C18H17FN6O5S/c19-11-3-10-14(26)12(30-17(27)28)6-25(13-4-21-31-23-13)15(10)22-16(11)24-5-9-1-2-29-18(9,7-20)8-24/h3-4,6,9H,1-2,5,7-8,20H2,(H,27,28). The zero-order valence-electron chi connectivity index (χ0n) is 16.0. The lowest BCUT2D eigenvalue weighted by atomic mass is 9.91. The molecular weight excluding hydrogens is 431 g/mol. The van der Waals surface area contributed by atoms with Crippen molar-refractivity contribution in [3.05, 3.63) is 34.5 Å². The van der Waals surface area contributed by atoms with E-state index < -0.39 is 28.8 Å². The Hall–Kier alpha value is -3.16. The maximum absolute atomic E-state index is 15.1. The molecule has 3 aromatic heterocycles. The second-order valence-corrected chi connectivity index (χ2v) is 8.03. The molecule has 2 aliphatic rings. The van der Waals surface area contributed by atoms with Crippen molar-refractivity contribution in [3.8, 4) is 11.6 Å². The summed E-state index contributed by atoms with van der Waals surface area (Å²) < 4.78 is 35.0. The normalized spacial score (nSPS) is 22.8. The number of halogens is 1. The van der Waals surface area contributed by atoms with E-state index in [1.54, 1.807) is 4.90 Å². The lowest BCUT2D eigenvalue weighted by Gasteiger charge is -2.26. The molecule has 2 aliphatic heterocycles. The Morgan fingerprint density at radius 1 is 1.52 bits per heavy atom. The van der Waals surface area contributed by atoms with Crippen molar-refractivity contribution < 1.29 is 23.8 Å². The molecule has 5 rings (SSSR count). The van der Waals surface area contributed by atoms with Gasteiger partial charge in [0, 0.05) is 25.6 Å². The second kappa shape index (κ2) is 7.21. The second-order valence-electron chi connectivity index (χ2n) is 7.47. The quantitative estimate of drug-likeness (QED) is 0.554. The minimum Gasteiger partial charge on any atom is -0.449 e. The summed E-state index contributed by atoms with van der Waals surface area (Å²) in [5, 5.41) is 8.80. The molecule has 0 aromatic carbocycles. The van der Waals surface area contributed by atoms with E-state index in [4.69, 9.17) is 15.6 Å². The van der Waals surface area contributed by atoms with E-state index in [1.807, 2.05) is 0 Å². The van der Waals surface area contributed by atoms with E-state index in [2.05, 4.69) is 18.5 Å². The first kappa shape index (κ1) is 19.8. The van der Waals surface area contributed by atoms with Crippen molar-refractivity contribution in [3.63, 3.8) is 0 Å². The number of fused-ring (bicyclic) bond motifs is 2. The molecule has 0 bridgehead atoms. The molecule has 0 radical (unpaired) electrons. The molecule has 13 heteroatoms. The predicted octanol–water partition coefficient (Wildman–Crippen LogP) is 0.987. The van der Waals surface area contributed by atoms with Crippen LogP contribution in [0.1, 0.15) is 6.42 Å². The van der Waals surface area contributed by atoms with Crippen LogP contribution in [0.3, 0.4) is 0 Å². The van der Waals surface area contributed by atoms with Crippen molar-refractivity contribution in [2.75, 3.05) is 31.1 Å². The summed E-state index contributed by atoms with van der Waals surface area (Å²) >= 11 is 0.914. The van der Waals surface area contributed by atoms with Crippen molar-refractivity contribution in [1.82, 2.24) is 18.3 Å². The molecule has 0 spiro atoms.